The Morgan fingerprint density at radius 3 is 2.15 bits per heavy atom. The van der Waals surface area contributed by atoms with E-state index in [4.69, 9.17) is 34.8 Å². The lowest BCUT2D eigenvalue weighted by atomic mass is 10.0. The standard InChI is InChI=1S/C35H36Cl3N3O4S/c1-4-25(3)39-35(43)33(20-26-10-6-5-7-11-26)40(22-27-13-14-29(37)21-32(27)38)34(42)23-41(30-12-8-9-24(2)19-30)46(44,45)31-17-15-28(36)16-18-31/h5-19,21,25,33H,4,20,22-23H2,1-3H3,(H,39,43)/t25-,33-/m1/s1. The maximum atomic E-state index is 14.6. The summed E-state index contributed by atoms with van der Waals surface area (Å²) >= 11 is 18.8. The normalized spacial score (nSPS) is 12.7. The van der Waals surface area contributed by atoms with Gasteiger partial charge in [0.25, 0.3) is 10.0 Å². The van der Waals surface area contributed by atoms with Crippen LogP contribution in [0.5, 0.6) is 0 Å². The fourth-order valence-electron chi connectivity index (χ4n) is 4.87. The lowest BCUT2D eigenvalue weighted by molar-refractivity contribution is -0.140. The molecule has 0 saturated carbocycles. The quantitative estimate of drug-likeness (QED) is 0.155. The van der Waals surface area contributed by atoms with Crippen LogP contribution in [0, 0.1) is 6.92 Å². The highest BCUT2D eigenvalue weighted by Crippen LogP contribution is 2.28. The highest BCUT2D eigenvalue weighted by atomic mass is 35.5. The van der Waals surface area contributed by atoms with E-state index in [0.717, 1.165) is 15.4 Å². The van der Waals surface area contributed by atoms with Gasteiger partial charge in [-0.2, -0.15) is 0 Å². The average Bonchev–Trinajstić information content (AvgIpc) is 3.02. The molecule has 4 aromatic carbocycles. The molecule has 4 aromatic rings. The number of benzene rings is 4. The van der Waals surface area contributed by atoms with E-state index >= 15 is 0 Å². The van der Waals surface area contributed by atoms with Gasteiger partial charge in [-0.3, -0.25) is 13.9 Å². The minimum atomic E-state index is -4.25. The Morgan fingerprint density at radius 2 is 1.52 bits per heavy atom. The van der Waals surface area contributed by atoms with Gasteiger partial charge in [0.2, 0.25) is 11.8 Å². The molecule has 2 atom stereocenters. The summed E-state index contributed by atoms with van der Waals surface area (Å²) in [6, 6.07) is 25.8. The molecule has 0 fully saturated rings. The third-order valence-corrected chi connectivity index (χ3v) is 10.2. The predicted octanol–water partition coefficient (Wildman–Crippen LogP) is 7.71. The van der Waals surface area contributed by atoms with Crippen LogP contribution in [0.1, 0.15) is 37.0 Å². The van der Waals surface area contributed by atoms with Crippen LogP contribution in [-0.4, -0.2) is 43.8 Å². The zero-order valence-electron chi connectivity index (χ0n) is 25.8. The van der Waals surface area contributed by atoms with Crippen LogP contribution < -0.4 is 9.62 Å². The van der Waals surface area contributed by atoms with Crippen LogP contribution >= 0.6 is 34.8 Å². The first kappa shape index (κ1) is 35.3. The van der Waals surface area contributed by atoms with Crippen molar-refractivity contribution in [2.75, 3.05) is 10.8 Å². The number of hydrogen-bond donors (Lipinski definition) is 1. The second-order valence-electron chi connectivity index (χ2n) is 11.1. The van der Waals surface area contributed by atoms with Crippen molar-refractivity contribution in [1.82, 2.24) is 10.2 Å². The molecule has 0 aromatic heterocycles. The minimum Gasteiger partial charge on any atom is -0.352 e. The number of anilines is 1. The van der Waals surface area contributed by atoms with Crippen LogP contribution in [0.4, 0.5) is 5.69 Å². The molecular formula is C35H36Cl3N3O4S. The SMILES string of the molecule is CC[C@@H](C)NC(=O)[C@@H](Cc1ccccc1)N(Cc1ccc(Cl)cc1Cl)C(=O)CN(c1cccc(C)c1)S(=O)(=O)c1ccc(Cl)cc1. The van der Waals surface area contributed by atoms with Crippen molar-refractivity contribution in [3.63, 3.8) is 0 Å². The van der Waals surface area contributed by atoms with E-state index in [9.17, 15) is 18.0 Å². The molecule has 0 aliphatic heterocycles. The predicted molar refractivity (Wildman–Crippen MR) is 186 cm³/mol. The summed E-state index contributed by atoms with van der Waals surface area (Å²) in [5.41, 5.74) is 2.49. The molecule has 46 heavy (non-hydrogen) atoms. The van der Waals surface area contributed by atoms with E-state index in [2.05, 4.69) is 5.32 Å². The first-order valence-corrected chi connectivity index (χ1v) is 17.4. The fraction of sp³-hybridized carbons (Fsp3) is 0.257. The molecule has 242 valence electrons. The number of nitrogens with zero attached hydrogens (tertiary/aromatic N) is 2. The number of rotatable bonds is 13. The monoisotopic (exact) mass is 699 g/mol. The number of sulfonamides is 1. The summed E-state index contributed by atoms with van der Waals surface area (Å²) in [5, 5.41) is 4.13. The van der Waals surface area contributed by atoms with E-state index in [1.807, 2.05) is 57.2 Å². The Labute approximate surface area is 286 Å². The van der Waals surface area contributed by atoms with Crippen LogP contribution in [-0.2, 0) is 32.6 Å². The van der Waals surface area contributed by atoms with Gasteiger partial charge in [-0.15, -0.1) is 0 Å². The molecule has 0 bridgehead atoms. The third-order valence-electron chi connectivity index (χ3n) is 7.60. The lowest BCUT2D eigenvalue weighted by Gasteiger charge is -2.34. The van der Waals surface area contributed by atoms with Crippen molar-refractivity contribution >= 4 is 62.3 Å². The highest BCUT2D eigenvalue weighted by molar-refractivity contribution is 7.92. The van der Waals surface area contributed by atoms with Crippen LogP contribution in [0.2, 0.25) is 15.1 Å². The van der Waals surface area contributed by atoms with E-state index in [1.54, 1.807) is 36.4 Å². The minimum absolute atomic E-state index is 0.0335. The molecule has 4 rings (SSSR count). The summed E-state index contributed by atoms with van der Waals surface area (Å²) in [5.74, 6) is -0.954. The molecule has 0 aliphatic rings. The van der Waals surface area contributed by atoms with Gasteiger partial charge in [-0.1, -0.05) is 90.3 Å². The zero-order valence-corrected chi connectivity index (χ0v) is 28.9. The maximum Gasteiger partial charge on any atom is 0.264 e. The Morgan fingerprint density at radius 1 is 0.848 bits per heavy atom. The number of aryl methyl sites for hydroxylation is 1. The Hall–Kier alpha value is -3.56. The molecule has 0 saturated heterocycles. The molecule has 0 radical (unpaired) electrons. The van der Waals surface area contributed by atoms with E-state index in [0.29, 0.717) is 32.7 Å². The molecule has 0 unspecified atom stereocenters. The highest BCUT2D eigenvalue weighted by Gasteiger charge is 2.35. The lowest BCUT2D eigenvalue weighted by Crippen LogP contribution is -2.54. The molecule has 2 amide bonds. The van der Waals surface area contributed by atoms with Gasteiger partial charge in [0, 0.05) is 34.1 Å². The first-order valence-electron chi connectivity index (χ1n) is 14.8. The van der Waals surface area contributed by atoms with Crippen molar-refractivity contribution in [3.8, 4) is 0 Å². The van der Waals surface area contributed by atoms with Gasteiger partial charge in [0.15, 0.2) is 0 Å². The molecule has 7 nitrogen and oxygen atoms in total. The van der Waals surface area contributed by atoms with Crippen LogP contribution in [0.25, 0.3) is 0 Å². The van der Waals surface area contributed by atoms with Gasteiger partial charge in [0.1, 0.15) is 12.6 Å². The third kappa shape index (κ3) is 9.04. The van der Waals surface area contributed by atoms with Crippen molar-refractivity contribution in [2.24, 2.45) is 0 Å². The molecule has 0 heterocycles. The molecule has 0 aliphatic carbocycles. The Balaban J connectivity index is 1.83. The van der Waals surface area contributed by atoms with E-state index < -0.39 is 28.5 Å². The first-order chi connectivity index (χ1) is 21.9. The van der Waals surface area contributed by atoms with Gasteiger partial charge < -0.3 is 10.2 Å². The number of amides is 2. The second-order valence-corrected chi connectivity index (χ2v) is 14.2. The number of carbonyl (C=O) groups is 2. The number of hydrogen-bond acceptors (Lipinski definition) is 4. The summed E-state index contributed by atoms with van der Waals surface area (Å²) < 4.78 is 29.3. The molecular weight excluding hydrogens is 665 g/mol. The van der Waals surface area contributed by atoms with Crippen molar-refractivity contribution in [3.05, 3.63) is 129 Å². The zero-order chi connectivity index (χ0) is 33.4. The molecule has 11 heteroatoms. The average molecular weight is 701 g/mol. The Kier molecular flexibility index (Phi) is 12.1. The summed E-state index contributed by atoms with van der Waals surface area (Å²) in [4.78, 5) is 29.9. The summed E-state index contributed by atoms with van der Waals surface area (Å²) in [7, 11) is -4.25. The van der Waals surface area contributed by atoms with Gasteiger partial charge in [-0.05, 0) is 85.5 Å². The number of carbonyl (C=O) groups excluding carboxylic acids is 2. The van der Waals surface area contributed by atoms with E-state index in [-0.39, 0.29) is 29.8 Å². The topological polar surface area (TPSA) is 86.8 Å². The molecule has 0 spiro atoms. The van der Waals surface area contributed by atoms with Crippen molar-refractivity contribution in [2.45, 2.75) is 57.1 Å². The fourth-order valence-corrected chi connectivity index (χ4v) is 6.87. The number of nitrogens with one attached hydrogen (secondary N) is 1. The summed E-state index contributed by atoms with van der Waals surface area (Å²) in [6.07, 6.45) is 0.871. The van der Waals surface area contributed by atoms with Gasteiger partial charge in [-0.25, -0.2) is 8.42 Å². The largest absolute Gasteiger partial charge is 0.352 e. The van der Waals surface area contributed by atoms with Gasteiger partial charge >= 0.3 is 0 Å². The van der Waals surface area contributed by atoms with E-state index in [1.165, 1.54) is 29.2 Å². The number of halogens is 3. The maximum absolute atomic E-state index is 14.6. The van der Waals surface area contributed by atoms with Gasteiger partial charge in [0.05, 0.1) is 10.6 Å². The van der Waals surface area contributed by atoms with Crippen molar-refractivity contribution in [1.29, 1.82) is 0 Å². The van der Waals surface area contributed by atoms with Crippen molar-refractivity contribution < 1.29 is 18.0 Å². The Bertz CT molecular complexity index is 1770. The smallest absolute Gasteiger partial charge is 0.264 e. The van der Waals surface area contributed by atoms with Crippen LogP contribution in [0.15, 0.2) is 102 Å². The summed E-state index contributed by atoms with van der Waals surface area (Å²) in [6.45, 7) is 5.03. The van der Waals surface area contributed by atoms with Crippen LogP contribution in [0.3, 0.4) is 0 Å². The second kappa shape index (κ2) is 15.8. The molecule has 1 N–H and O–H groups in total.